The number of anilines is 1. The number of methoxy groups -OCH3 is 3. The number of rotatable bonds is 17. The second-order valence-corrected chi connectivity index (χ2v) is 12.9. The van der Waals surface area contributed by atoms with Crippen LogP contribution in [0.5, 0.6) is 0 Å². The van der Waals surface area contributed by atoms with Crippen molar-refractivity contribution in [1.82, 2.24) is 29.7 Å². The number of aliphatic hydroxyl groups is 2. The van der Waals surface area contributed by atoms with E-state index in [9.17, 15) is 29.2 Å². The summed E-state index contributed by atoms with van der Waals surface area (Å²) >= 11 is 0. The number of aromatic nitrogens is 4. The molecule has 43 heavy (non-hydrogen) atoms. The lowest BCUT2D eigenvalue weighted by Crippen LogP contribution is -2.51. The van der Waals surface area contributed by atoms with Gasteiger partial charge in [0.2, 0.25) is 5.95 Å². The molecule has 0 aromatic carbocycles. The van der Waals surface area contributed by atoms with Crippen LogP contribution in [0.1, 0.15) is 47.5 Å². The largest absolute Gasteiger partial charge is 0.468 e. The number of nitrogens with zero attached hydrogens (tertiary/aromatic N) is 3. The van der Waals surface area contributed by atoms with Crippen LogP contribution in [0.25, 0.3) is 11.2 Å². The van der Waals surface area contributed by atoms with Crippen molar-refractivity contribution in [2.75, 3.05) is 33.7 Å². The highest BCUT2D eigenvalue weighted by Crippen LogP contribution is 2.41. The molecule has 2 aromatic rings. The zero-order chi connectivity index (χ0) is 32.7. The minimum atomic E-state index is -4.32. The third kappa shape index (κ3) is 9.28. The first-order valence-electron chi connectivity index (χ1n) is 13.6. The Bertz CT molecular complexity index is 1310. The van der Waals surface area contributed by atoms with Gasteiger partial charge >= 0.3 is 19.6 Å². The van der Waals surface area contributed by atoms with Gasteiger partial charge in [-0.3, -0.25) is 28.5 Å². The van der Waals surface area contributed by atoms with Crippen LogP contribution in [0.3, 0.4) is 0 Å². The van der Waals surface area contributed by atoms with Gasteiger partial charge in [-0.25, -0.2) is 15.2 Å². The SMILES string of the molecule is COC(=O)C(CC(C)C)NP(=O)(NC(CC(C)C)C(=O)OC)OC[C@@H](OC)[C@H](O)C(C)(O)n1cnc2c(=O)[nH]c(N)nc21. The van der Waals surface area contributed by atoms with Crippen LogP contribution in [0.2, 0.25) is 0 Å². The van der Waals surface area contributed by atoms with Gasteiger partial charge in [0, 0.05) is 7.11 Å². The number of carbonyl (C=O) groups is 2. The molecule has 2 aromatic heterocycles. The Morgan fingerprint density at radius 2 is 1.60 bits per heavy atom. The van der Waals surface area contributed by atoms with Crippen LogP contribution in [0.4, 0.5) is 5.95 Å². The van der Waals surface area contributed by atoms with Gasteiger partial charge in [-0.2, -0.15) is 4.98 Å². The Morgan fingerprint density at radius 1 is 1.09 bits per heavy atom. The molecule has 0 saturated heterocycles. The first kappa shape index (κ1) is 36.3. The second-order valence-electron chi connectivity index (χ2n) is 11.1. The summed E-state index contributed by atoms with van der Waals surface area (Å²) in [6, 6.07) is -2.19. The van der Waals surface area contributed by atoms with Crippen LogP contribution in [0, 0.1) is 11.8 Å². The molecular weight excluding hydrogens is 589 g/mol. The molecule has 0 fully saturated rings. The van der Waals surface area contributed by atoms with Crippen molar-refractivity contribution >= 4 is 36.7 Å². The van der Waals surface area contributed by atoms with E-state index in [0.29, 0.717) is 0 Å². The van der Waals surface area contributed by atoms with Gasteiger partial charge in [0.25, 0.3) is 5.56 Å². The van der Waals surface area contributed by atoms with E-state index in [2.05, 4.69) is 25.1 Å². The number of ether oxygens (including phenoxy) is 3. The highest BCUT2D eigenvalue weighted by Gasteiger charge is 2.43. The van der Waals surface area contributed by atoms with Gasteiger partial charge in [-0.1, -0.05) is 27.7 Å². The second kappa shape index (κ2) is 15.2. The standard InChI is InChI=1S/C25H44N7O10P/c1-13(2)9-15(22(35)40-7)30-43(38,31-16(10-14(3)4)23(36)41-8)42-11-17(39-6)19(33)25(5,37)32-12-27-18-20(32)28-24(26)29-21(18)34/h12-17,19,33,37H,9-11H2,1-8H3,(H2,30,31,38)(H3,26,28,29,34)/t15?,16?,17-,19+,25?,43?/m1/s1. The third-order valence-electron chi connectivity index (χ3n) is 6.59. The molecule has 2 heterocycles. The van der Waals surface area contributed by atoms with E-state index in [1.165, 1.54) is 28.3 Å². The van der Waals surface area contributed by atoms with Crippen molar-refractivity contribution < 1.29 is 43.1 Å². The van der Waals surface area contributed by atoms with Gasteiger partial charge in [-0.15, -0.1) is 0 Å². The quantitative estimate of drug-likeness (QED) is 0.101. The summed E-state index contributed by atoms with van der Waals surface area (Å²) in [5.41, 5.74) is 2.55. The van der Waals surface area contributed by atoms with Crippen LogP contribution < -0.4 is 21.5 Å². The topological polar surface area (TPSA) is 242 Å². The number of nitrogens with one attached hydrogen (secondary N) is 3. The summed E-state index contributed by atoms with van der Waals surface area (Å²) in [6.45, 7) is 8.00. The van der Waals surface area contributed by atoms with E-state index in [-0.39, 0.29) is 41.8 Å². The highest BCUT2D eigenvalue weighted by atomic mass is 31.2. The molecule has 0 radical (unpaired) electrons. The molecule has 5 atom stereocenters. The van der Waals surface area contributed by atoms with Gasteiger partial charge in [-0.05, 0) is 31.6 Å². The molecule has 18 heteroatoms. The first-order valence-corrected chi connectivity index (χ1v) is 15.2. The molecule has 0 aliphatic rings. The number of aliphatic hydroxyl groups excluding tert-OH is 1. The number of fused-ring (bicyclic) bond motifs is 1. The Hall–Kier alpha value is -2.92. The Morgan fingerprint density at radius 3 is 2.05 bits per heavy atom. The fourth-order valence-electron chi connectivity index (χ4n) is 4.37. The molecule has 7 N–H and O–H groups in total. The van der Waals surface area contributed by atoms with Crippen molar-refractivity contribution in [1.29, 1.82) is 0 Å². The fraction of sp³-hybridized carbons (Fsp3) is 0.720. The van der Waals surface area contributed by atoms with Gasteiger partial charge in [0.15, 0.2) is 16.9 Å². The maximum Gasteiger partial charge on any atom is 0.342 e. The fourth-order valence-corrected chi connectivity index (χ4v) is 6.19. The van der Waals surface area contributed by atoms with Crippen LogP contribution in [-0.4, -0.2) is 93.9 Å². The van der Waals surface area contributed by atoms with Crippen LogP contribution in [0.15, 0.2) is 11.1 Å². The molecule has 0 amide bonds. The summed E-state index contributed by atoms with van der Waals surface area (Å²) in [5, 5.41) is 28.0. The van der Waals surface area contributed by atoms with Crippen molar-refractivity contribution in [2.24, 2.45) is 11.8 Å². The minimum absolute atomic E-state index is 0.0272. The number of esters is 2. The van der Waals surface area contributed by atoms with Crippen LogP contribution in [-0.2, 0) is 38.6 Å². The smallest absolute Gasteiger partial charge is 0.342 e. The molecule has 0 aliphatic heterocycles. The minimum Gasteiger partial charge on any atom is -0.468 e. The summed E-state index contributed by atoms with van der Waals surface area (Å²) in [6.07, 6.45) is -1.63. The van der Waals surface area contributed by atoms with Gasteiger partial charge in [0.1, 0.15) is 24.3 Å². The predicted molar refractivity (Wildman–Crippen MR) is 156 cm³/mol. The lowest BCUT2D eigenvalue weighted by Gasteiger charge is -2.36. The highest BCUT2D eigenvalue weighted by molar-refractivity contribution is 7.54. The lowest BCUT2D eigenvalue weighted by molar-refractivity contribution is -0.173. The van der Waals surface area contributed by atoms with E-state index >= 15 is 0 Å². The zero-order valence-corrected chi connectivity index (χ0v) is 26.6. The number of aromatic amines is 1. The zero-order valence-electron chi connectivity index (χ0n) is 25.7. The molecule has 0 saturated carbocycles. The molecular formula is C25H44N7O10P. The first-order chi connectivity index (χ1) is 20.0. The van der Waals surface area contributed by atoms with E-state index in [0.717, 1.165) is 10.9 Å². The molecule has 0 spiro atoms. The van der Waals surface area contributed by atoms with Gasteiger partial charge in [0.05, 0.1) is 27.2 Å². The maximum atomic E-state index is 14.3. The summed E-state index contributed by atoms with van der Waals surface area (Å²) < 4.78 is 36.2. The molecule has 2 rings (SSSR count). The number of hydrogen-bond donors (Lipinski definition) is 6. The van der Waals surface area contributed by atoms with Crippen molar-refractivity contribution in [3.8, 4) is 0 Å². The summed E-state index contributed by atoms with van der Waals surface area (Å²) in [5.74, 6) is -1.71. The Labute approximate surface area is 249 Å². The number of imidazole rings is 1. The average Bonchev–Trinajstić information content (AvgIpc) is 3.36. The predicted octanol–water partition coefficient (Wildman–Crippen LogP) is 0.222. The van der Waals surface area contributed by atoms with Crippen molar-refractivity contribution in [3.63, 3.8) is 0 Å². The molecule has 0 aliphatic carbocycles. The summed E-state index contributed by atoms with van der Waals surface area (Å²) in [7, 11) is -0.732. The lowest BCUT2D eigenvalue weighted by atomic mass is 10.0. The molecule has 17 nitrogen and oxygen atoms in total. The van der Waals surface area contributed by atoms with Crippen LogP contribution >= 0.6 is 7.67 Å². The number of nitrogen functional groups attached to an aromatic ring is 1. The number of carbonyl (C=O) groups excluding carboxylic acids is 2. The monoisotopic (exact) mass is 633 g/mol. The van der Waals surface area contributed by atoms with E-state index < -0.39 is 61.8 Å². The average molecular weight is 634 g/mol. The number of nitrogens with two attached hydrogens (primary N) is 1. The van der Waals surface area contributed by atoms with Gasteiger partial charge < -0.3 is 34.7 Å². The molecule has 0 bridgehead atoms. The van der Waals surface area contributed by atoms with Crippen molar-refractivity contribution in [3.05, 3.63) is 16.7 Å². The van der Waals surface area contributed by atoms with E-state index in [1.807, 2.05) is 27.7 Å². The van der Waals surface area contributed by atoms with Crippen molar-refractivity contribution in [2.45, 2.75) is 77.5 Å². The number of H-pyrrole nitrogens is 1. The Balaban J connectivity index is 2.44. The number of hydrogen-bond acceptors (Lipinski definition) is 13. The molecule has 244 valence electrons. The summed E-state index contributed by atoms with van der Waals surface area (Å²) in [4.78, 5) is 47.6. The Kier molecular flexibility index (Phi) is 12.8. The third-order valence-corrected chi connectivity index (χ3v) is 8.40. The normalized spacial score (nSPS) is 17.7. The van der Waals surface area contributed by atoms with E-state index in [1.54, 1.807) is 0 Å². The maximum absolute atomic E-state index is 14.3. The molecule has 3 unspecified atom stereocenters. The van der Waals surface area contributed by atoms with E-state index in [4.69, 9.17) is 24.5 Å².